The molecule has 2 fully saturated rings. The lowest BCUT2D eigenvalue weighted by molar-refractivity contribution is -0.129. The van der Waals surface area contributed by atoms with Gasteiger partial charge in [-0.25, -0.2) is 0 Å². The number of aliphatic hydroxyl groups is 2. The number of rotatable bonds is 5. The summed E-state index contributed by atoms with van der Waals surface area (Å²) in [5.41, 5.74) is 0.397. The molecule has 4 heteroatoms. The van der Waals surface area contributed by atoms with Gasteiger partial charge in [0.2, 0.25) is 5.91 Å². The summed E-state index contributed by atoms with van der Waals surface area (Å²) < 4.78 is 0. The molecule has 2 bridgehead atoms. The van der Waals surface area contributed by atoms with Crippen molar-refractivity contribution in [2.24, 2.45) is 23.7 Å². The van der Waals surface area contributed by atoms with Crippen LogP contribution in [0.4, 0.5) is 0 Å². The molecule has 150 valence electrons. The molecule has 0 aromatic heterocycles. The van der Waals surface area contributed by atoms with E-state index >= 15 is 0 Å². The normalized spacial score (nSPS) is 36.3. The second-order valence-corrected chi connectivity index (χ2v) is 9.71. The lowest BCUT2D eigenvalue weighted by Gasteiger charge is -2.56. The molecular weight excluding hydrogens is 338 g/mol. The Kier molecular flexibility index (Phi) is 5.69. The highest BCUT2D eigenvalue weighted by molar-refractivity contribution is 5.78. The molecule has 1 aromatic carbocycles. The smallest absolute Gasteiger partial charge is 0.221 e. The Morgan fingerprint density at radius 3 is 2.48 bits per heavy atom. The number of hydrogen-bond acceptors (Lipinski definition) is 3. The summed E-state index contributed by atoms with van der Waals surface area (Å²) in [6.07, 6.45) is 3.10. The maximum absolute atomic E-state index is 13.0. The van der Waals surface area contributed by atoms with Gasteiger partial charge in [-0.3, -0.25) is 4.79 Å². The molecule has 3 N–H and O–H groups in total. The Balaban J connectivity index is 1.98. The first-order valence-electron chi connectivity index (χ1n) is 10.3. The molecular formula is C23H35NO3. The second-order valence-electron chi connectivity index (χ2n) is 9.71. The van der Waals surface area contributed by atoms with E-state index in [0.29, 0.717) is 24.2 Å². The Hall–Kier alpha value is -1.39. The van der Waals surface area contributed by atoms with Gasteiger partial charge in [0.1, 0.15) is 0 Å². The van der Waals surface area contributed by atoms with E-state index in [1.54, 1.807) is 0 Å². The van der Waals surface area contributed by atoms with Crippen LogP contribution < -0.4 is 5.32 Å². The van der Waals surface area contributed by atoms with Gasteiger partial charge in [0.15, 0.2) is 0 Å². The van der Waals surface area contributed by atoms with Crippen LogP contribution in [0.3, 0.4) is 0 Å². The first-order chi connectivity index (χ1) is 12.7. The summed E-state index contributed by atoms with van der Waals surface area (Å²) >= 11 is 0. The van der Waals surface area contributed by atoms with E-state index < -0.39 is 5.54 Å². The minimum Gasteiger partial charge on any atom is -0.394 e. The maximum atomic E-state index is 13.0. The molecule has 4 unspecified atom stereocenters. The van der Waals surface area contributed by atoms with E-state index in [9.17, 15) is 15.0 Å². The highest BCUT2D eigenvalue weighted by Gasteiger charge is 2.54. The lowest BCUT2D eigenvalue weighted by atomic mass is 9.48. The van der Waals surface area contributed by atoms with Crippen molar-refractivity contribution in [2.45, 2.75) is 70.4 Å². The first kappa shape index (κ1) is 20.3. The summed E-state index contributed by atoms with van der Waals surface area (Å²) in [6.45, 7) is 8.00. The molecule has 27 heavy (non-hydrogen) atoms. The number of carbonyl (C=O) groups excluding carboxylic acids is 1. The number of fused-ring (bicyclic) bond motifs is 2. The van der Waals surface area contributed by atoms with Crippen LogP contribution in [0.2, 0.25) is 0 Å². The van der Waals surface area contributed by atoms with Crippen LogP contribution in [0.5, 0.6) is 0 Å². The Bertz CT molecular complexity index is 655. The second kappa shape index (κ2) is 7.56. The van der Waals surface area contributed by atoms with Crippen molar-refractivity contribution in [1.29, 1.82) is 0 Å². The summed E-state index contributed by atoms with van der Waals surface area (Å²) in [5, 5.41) is 23.2. The van der Waals surface area contributed by atoms with Gasteiger partial charge in [-0.05, 0) is 62.3 Å². The average Bonchev–Trinajstić information content (AvgIpc) is 2.63. The highest BCUT2D eigenvalue weighted by Crippen LogP contribution is 2.57. The molecule has 2 saturated carbocycles. The zero-order valence-corrected chi connectivity index (χ0v) is 17.1. The predicted molar refractivity (Wildman–Crippen MR) is 107 cm³/mol. The van der Waals surface area contributed by atoms with Crippen LogP contribution in [0.15, 0.2) is 30.3 Å². The van der Waals surface area contributed by atoms with Crippen molar-refractivity contribution in [1.82, 2.24) is 5.32 Å². The van der Waals surface area contributed by atoms with Gasteiger partial charge in [-0.15, -0.1) is 0 Å². The summed E-state index contributed by atoms with van der Waals surface area (Å²) in [7, 11) is 0. The highest BCUT2D eigenvalue weighted by atomic mass is 16.3. The number of aliphatic hydroxyl groups excluding tert-OH is 2. The molecule has 2 aliphatic carbocycles. The molecule has 3 rings (SSSR count). The minimum atomic E-state index is -0.620. The van der Waals surface area contributed by atoms with E-state index in [4.69, 9.17) is 0 Å². The molecule has 1 amide bonds. The summed E-state index contributed by atoms with van der Waals surface area (Å²) in [5.74, 6) is 1.30. The van der Waals surface area contributed by atoms with Gasteiger partial charge in [0.25, 0.3) is 0 Å². The van der Waals surface area contributed by atoms with Crippen LogP contribution in [-0.4, -0.2) is 34.4 Å². The van der Waals surface area contributed by atoms with Crippen LogP contribution in [-0.2, 0) is 10.2 Å². The van der Waals surface area contributed by atoms with Crippen molar-refractivity contribution >= 4 is 5.91 Å². The fourth-order valence-electron chi connectivity index (χ4n) is 5.79. The Labute approximate surface area is 163 Å². The Morgan fingerprint density at radius 2 is 1.85 bits per heavy atom. The predicted octanol–water partition coefficient (Wildman–Crippen LogP) is 3.26. The SMILES string of the molecule is CC1CC2CC(C[C@H](C)[C@H]2O)C1(CC(=O)NC(C)(C)CO)c1ccccc1. The van der Waals surface area contributed by atoms with Gasteiger partial charge < -0.3 is 15.5 Å². The van der Waals surface area contributed by atoms with Gasteiger partial charge in [0.05, 0.1) is 18.2 Å². The third kappa shape index (κ3) is 3.79. The lowest BCUT2D eigenvalue weighted by Crippen LogP contribution is -2.56. The number of carbonyl (C=O) groups is 1. The largest absolute Gasteiger partial charge is 0.394 e. The van der Waals surface area contributed by atoms with Gasteiger partial charge >= 0.3 is 0 Å². The van der Waals surface area contributed by atoms with Crippen molar-refractivity contribution in [3.8, 4) is 0 Å². The minimum absolute atomic E-state index is 0.00183. The van der Waals surface area contributed by atoms with Crippen LogP contribution in [0.1, 0.15) is 58.9 Å². The number of amides is 1. The van der Waals surface area contributed by atoms with Crippen LogP contribution in [0.25, 0.3) is 0 Å². The molecule has 4 nitrogen and oxygen atoms in total. The number of benzene rings is 1. The Morgan fingerprint density at radius 1 is 1.19 bits per heavy atom. The molecule has 6 atom stereocenters. The monoisotopic (exact) mass is 373 g/mol. The quantitative estimate of drug-likeness (QED) is 0.742. The van der Waals surface area contributed by atoms with Crippen LogP contribution in [0, 0.1) is 23.7 Å². The van der Waals surface area contributed by atoms with Crippen molar-refractivity contribution < 1.29 is 15.0 Å². The van der Waals surface area contributed by atoms with Crippen molar-refractivity contribution in [2.75, 3.05) is 6.61 Å². The fourth-order valence-corrected chi connectivity index (χ4v) is 5.79. The van der Waals surface area contributed by atoms with Gasteiger partial charge in [0, 0.05) is 11.8 Å². The van der Waals surface area contributed by atoms with E-state index in [1.807, 2.05) is 19.9 Å². The molecule has 0 spiro atoms. The zero-order chi connectivity index (χ0) is 19.8. The first-order valence-corrected chi connectivity index (χ1v) is 10.3. The zero-order valence-electron chi connectivity index (χ0n) is 17.1. The molecule has 1 aromatic rings. The third-order valence-electron chi connectivity index (χ3n) is 7.21. The summed E-state index contributed by atoms with van der Waals surface area (Å²) in [6, 6.07) is 10.5. The molecule has 2 aliphatic rings. The van der Waals surface area contributed by atoms with E-state index in [0.717, 1.165) is 19.3 Å². The standard InChI is InChI=1S/C23H35NO3/c1-15-10-19-12-17(21(15)27)11-16(2)23(19,18-8-6-5-7-9-18)13-20(26)24-22(3,4)14-25/h5-9,15-17,19,21,25,27H,10-14H2,1-4H3,(H,24,26)/t15-,16?,17?,19?,21+,23?/m0/s1. The molecule has 0 aliphatic heterocycles. The van der Waals surface area contributed by atoms with E-state index in [1.165, 1.54) is 5.56 Å². The van der Waals surface area contributed by atoms with E-state index in [2.05, 4.69) is 43.4 Å². The topological polar surface area (TPSA) is 69.6 Å². The number of nitrogens with one attached hydrogen (secondary N) is 1. The van der Waals surface area contributed by atoms with Crippen molar-refractivity contribution in [3.63, 3.8) is 0 Å². The maximum Gasteiger partial charge on any atom is 0.221 e. The molecule has 0 heterocycles. The average molecular weight is 374 g/mol. The van der Waals surface area contributed by atoms with Gasteiger partial charge in [-0.1, -0.05) is 44.2 Å². The fraction of sp³-hybridized carbons (Fsp3) is 0.696. The van der Waals surface area contributed by atoms with Crippen LogP contribution >= 0.6 is 0 Å². The molecule has 0 radical (unpaired) electrons. The van der Waals surface area contributed by atoms with Gasteiger partial charge in [-0.2, -0.15) is 0 Å². The summed E-state index contributed by atoms with van der Waals surface area (Å²) in [4.78, 5) is 13.0. The number of hydrogen-bond donors (Lipinski definition) is 3. The van der Waals surface area contributed by atoms with Crippen molar-refractivity contribution in [3.05, 3.63) is 35.9 Å². The molecule has 0 saturated heterocycles. The van der Waals surface area contributed by atoms with E-state index in [-0.39, 0.29) is 30.0 Å². The third-order valence-corrected chi connectivity index (χ3v) is 7.21.